The van der Waals surface area contributed by atoms with Crippen LogP contribution in [0, 0.1) is 0 Å². The van der Waals surface area contributed by atoms with Gasteiger partial charge in [0.1, 0.15) is 11.9 Å². The first-order chi connectivity index (χ1) is 8.36. The van der Waals surface area contributed by atoms with Gasteiger partial charge in [0.25, 0.3) is 0 Å². The normalized spacial score (nSPS) is 20.6. The molecule has 0 bridgehead atoms. The van der Waals surface area contributed by atoms with Gasteiger partial charge >= 0.3 is 0 Å². The van der Waals surface area contributed by atoms with E-state index in [1.807, 2.05) is 12.1 Å². The molecule has 0 aromatic carbocycles. The van der Waals surface area contributed by atoms with Crippen LogP contribution in [-0.4, -0.2) is 41.8 Å². The summed E-state index contributed by atoms with van der Waals surface area (Å²) in [6, 6.07) is 3.72. The van der Waals surface area contributed by atoms with Crippen molar-refractivity contribution in [1.82, 2.24) is 20.3 Å². The Morgan fingerprint density at radius 1 is 1.41 bits per heavy atom. The molecule has 6 heteroatoms. The molecule has 0 aliphatic carbocycles. The average molecular weight is 234 g/mol. The summed E-state index contributed by atoms with van der Waals surface area (Å²) in [5.74, 6) is 1.38. The summed E-state index contributed by atoms with van der Waals surface area (Å²) in [7, 11) is 1.59. The van der Waals surface area contributed by atoms with E-state index >= 15 is 0 Å². The predicted octanol–water partition coefficient (Wildman–Crippen LogP) is 0.627. The number of pyridine rings is 1. The highest BCUT2D eigenvalue weighted by Gasteiger charge is 2.19. The number of H-pyrrole nitrogens is 1. The molecule has 2 aromatic heterocycles. The van der Waals surface area contributed by atoms with Crippen LogP contribution in [0.15, 0.2) is 12.1 Å². The van der Waals surface area contributed by atoms with Crippen molar-refractivity contribution in [2.75, 3.05) is 26.8 Å². The molecule has 6 nitrogen and oxygen atoms in total. The molecule has 1 saturated heterocycles. The lowest BCUT2D eigenvalue weighted by molar-refractivity contribution is 0.0228. The number of morpholine rings is 1. The molecule has 0 amide bonds. The number of aromatic amines is 1. The minimum absolute atomic E-state index is 0.0241. The summed E-state index contributed by atoms with van der Waals surface area (Å²) in [5.41, 5.74) is 1.56. The Balaban J connectivity index is 1.95. The van der Waals surface area contributed by atoms with Gasteiger partial charge in [-0.25, -0.2) is 4.98 Å². The lowest BCUT2D eigenvalue weighted by Gasteiger charge is -2.21. The fraction of sp³-hybridized carbons (Fsp3) is 0.455. The van der Waals surface area contributed by atoms with Crippen LogP contribution in [0.1, 0.15) is 11.9 Å². The topological polar surface area (TPSA) is 72.1 Å². The number of imidazole rings is 1. The van der Waals surface area contributed by atoms with Crippen molar-refractivity contribution in [3.8, 4) is 5.88 Å². The minimum atomic E-state index is -0.0241. The molecule has 2 aromatic rings. The van der Waals surface area contributed by atoms with Crippen LogP contribution in [0.4, 0.5) is 0 Å². The van der Waals surface area contributed by atoms with E-state index in [4.69, 9.17) is 9.47 Å². The number of aromatic nitrogens is 3. The molecule has 90 valence electrons. The van der Waals surface area contributed by atoms with Gasteiger partial charge in [-0.2, -0.15) is 4.98 Å². The summed E-state index contributed by atoms with van der Waals surface area (Å²) in [4.78, 5) is 11.9. The third kappa shape index (κ3) is 1.96. The van der Waals surface area contributed by atoms with Crippen LogP contribution in [0.5, 0.6) is 5.88 Å². The fourth-order valence-corrected chi connectivity index (χ4v) is 1.90. The van der Waals surface area contributed by atoms with Gasteiger partial charge in [-0.05, 0) is 6.07 Å². The number of rotatable bonds is 2. The summed E-state index contributed by atoms with van der Waals surface area (Å²) >= 11 is 0. The lowest BCUT2D eigenvalue weighted by Crippen LogP contribution is -2.33. The molecule has 1 aliphatic heterocycles. The van der Waals surface area contributed by atoms with Crippen LogP contribution < -0.4 is 10.1 Å². The smallest absolute Gasteiger partial charge is 0.215 e. The van der Waals surface area contributed by atoms with Gasteiger partial charge in [-0.1, -0.05) is 0 Å². The third-order valence-electron chi connectivity index (χ3n) is 2.78. The van der Waals surface area contributed by atoms with Crippen LogP contribution in [0.3, 0.4) is 0 Å². The fourth-order valence-electron chi connectivity index (χ4n) is 1.90. The van der Waals surface area contributed by atoms with Crippen molar-refractivity contribution < 1.29 is 9.47 Å². The molecule has 1 unspecified atom stereocenters. The quantitative estimate of drug-likeness (QED) is 0.797. The van der Waals surface area contributed by atoms with Crippen LogP contribution in [0.25, 0.3) is 11.2 Å². The Bertz CT molecular complexity index is 519. The van der Waals surface area contributed by atoms with Crippen molar-refractivity contribution in [2.45, 2.75) is 6.10 Å². The molecular weight excluding hydrogens is 220 g/mol. The maximum Gasteiger partial charge on any atom is 0.215 e. The zero-order valence-corrected chi connectivity index (χ0v) is 9.56. The lowest BCUT2D eigenvalue weighted by atomic mass is 10.3. The van der Waals surface area contributed by atoms with Gasteiger partial charge in [0.15, 0.2) is 5.65 Å². The standard InChI is InChI=1S/C11H14N4O2/c1-16-9-3-2-7-10(14-9)15-11(13-7)8-6-12-4-5-17-8/h2-3,8,12H,4-6H2,1H3,(H,13,14,15). The SMILES string of the molecule is COc1ccc2[nH]c(C3CNCCO3)nc2n1. The number of ether oxygens (including phenoxy) is 2. The molecule has 0 saturated carbocycles. The van der Waals surface area contributed by atoms with E-state index < -0.39 is 0 Å². The Morgan fingerprint density at radius 2 is 2.35 bits per heavy atom. The van der Waals surface area contributed by atoms with E-state index in [9.17, 15) is 0 Å². The zero-order chi connectivity index (χ0) is 11.7. The molecule has 1 fully saturated rings. The monoisotopic (exact) mass is 234 g/mol. The molecule has 1 atom stereocenters. The van der Waals surface area contributed by atoms with E-state index in [1.165, 1.54) is 0 Å². The predicted molar refractivity (Wildman–Crippen MR) is 62.0 cm³/mol. The van der Waals surface area contributed by atoms with E-state index in [2.05, 4.69) is 20.3 Å². The number of hydrogen-bond donors (Lipinski definition) is 2. The third-order valence-corrected chi connectivity index (χ3v) is 2.78. The van der Waals surface area contributed by atoms with Crippen molar-refractivity contribution in [1.29, 1.82) is 0 Å². The highest BCUT2D eigenvalue weighted by molar-refractivity contribution is 5.71. The second-order valence-electron chi connectivity index (χ2n) is 3.91. The second kappa shape index (κ2) is 4.31. The Hall–Kier alpha value is -1.66. The van der Waals surface area contributed by atoms with Crippen LogP contribution in [-0.2, 0) is 4.74 Å². The van der Waals surface area contributed by atoms with E-state index in [-0.39, 0.29) is 6.10 Å². The number of nitrogens with one attached hydrogen (secondary N) is 2. The molecule has 0 spiro atoms. The van der Waals surface area contributed by atoms with Crippen molar-refractivity contribution in [3.63, 3.8) is 0 Å². The summed E-state index contributed by atoms with van der Waals surface area (Å²) in [6.45, 7) is 2.37. The Morgan fingerprint density at radius 3 is 3.12 bits per heavy atom. The highest BCUT2D eigenvalue weighted by Crippen LogP contribution is 2.20. The number of hydrogen-bond acceptors (Lipinski definition) is 5. The Labute approximate surface area is 98.4 Å². The maximum atomic E-state index is 5.63. The van der Waals surface area contributed by atoms with Gasteiger partial charge in [-0.3, -0.25) is 0 Å². The summed E-state index contributed by atoms with van der Waals surface area (Å²) < 4.78 is 10.7. The van der Waals surface area contributed by atoms with Gasteiger partial charge in [0, 0.05) is 19.2 Å². The van der Waals surface area contributed by atoms with Crippen LogP contribution in [0.2, 0.25) is 0 Å². The van der Waals surface area contributed by atoms with Crippen LogP contribution >= 0.6 is 0 Å². The summed E-state index contributed by atoms with van der Waals surface area (Å²) in [5, 5.41) is 3.27. The maximum absolute atomic E-state index is 5.63. The molecule has 2 N–H and O–H groups in total. The minimum Gasteiger partial charge on any atom is -0.481 e. The number of methoxy groups -OCH3 is 1. The second-order valence-corrected chi connectivity index (χ2v) is 3.91. The molecule has 3 heterocycles. The van der Waals surface area contributed by atoms with Gasteiger partial charge < -0.3 is 19.8 Å². The Kier molecular flexibility index (Phi) is 2.66. The molecular formula is C11H14N4O2. The van der Waals surface area contributed by atoms with Crippen molar-refractivity contribution >= 4 is 11.2 Å². The van der Waals surface area contributed by atoms with Gasteiger partial charge in [0.05, 0.1) is 19.2 Å². The molecule has 17 heavy (non-hydrogen) atoms. The number of nitrogens with zero attached hydrogens (tertiary/aromatic N) is 2. The summed E-state index contributed by atoms with van der Waals surface area (Å²) in [6.07, 6.45) is -0.0241. The molecule has 1 aliphatic rings. The van der Waals surface area contributed by atoms with E-state index in [1.54, 1.807) is 7.11 Å². The average Bonchev–Trinajstić information content (AvgIpc) is 2.82. The van der Waals surface area contributed by atoms with E-state index in [0.717, 1.165) is 24.4 Å². The highest BCUT2D eigenvalue weighted by atomic mass is 16.5. The zero-order valence-electron chi connectivity index (χ0n) is 9.56. The first kappa shape index (κ1) is 10.5. The molecule has 0 radical (unpaired) electrons. The largest absolute Gasteiger partial charge is 0.481 e. The first-order valence-electron chi connectivity index (χ1n) is 5.60. The van der Waals surface area contributed by atoms with Gasteiger partial charge in [0.2, 0.25) is 5.88 Å². The van der Waals surface area contributed by atoms with Gasteiger partial charge in [-0.15, -0.1) is 0 Å². The van der Waals surface area contributed by atoms with Crippen molar-refractivity contribution in [2.24, 2.45) is 0 Å². The van der Waals surface area contributed by atoms with E-state index in [0.29, 0.717) is 18.1 Å². The first-order valence-corrected chi connectivity index (χ1v) is 5.60. The van der Waals surface area contributed by atoms with Crippen molar-refractivity contribution in [3.05, 3.63) is 18.0 Å². The molecule has 3 rings (SSSR count). The number of fused-ring (bicyclic) bond motifs is 1.